The number of nitrogens with zero attached hydrogens (tertiary/aromatic N) is 3. The zero-order chi connectivity index (χ0) is 18.5. The Kier molecular flexibility index (Phi) is 5.68. The first-order valence-corrected chi connectivity index (χ1v) is 8.96. The maximum Gasteiger partial charge on any atom is 0.335 e. The van der Waals surface area contributed by atoms with E-state index in [4.69, 9.17) is 16.7 Å². The van der Waals surface area contributed by atoms with Gasteiger partial charge in [-0.2, -0.15) is 0 Å². The van der Waals surface area contributed by atoms with Crippen molar-refractivity contribution in [3.63, 3.8) is 0 Å². The van der Waals surface area contributed by atoms with Crippen molar-refractivity contribution in [1.82, 2.24) is 14.8 Å². The smallest absolute Gasteiger partial charge is 0.335 e. The Hall–Kier alpha value is -2.66. The summed E-state index contributed by atoms with van der Waals surface area (Å²) in [7, 11) is 0. The Labute approximate surface area is 157 Å². The molecule has 3 aromatic rings. The largest absolute Gasteiger partial charge is 0.478 e. The maximum atomic E-state index is 11.1. The van der Waals surface area contributed by atoms with E-state index in [1.54, 1.807) is 18.2 Å². The number of hydrogen-bond acceptors (Lipinski definition) is 3. The van der Waals surface area contributed by atoms with E-state index in [0.717, 1.165) is 41.8 Å². The van der Waals surface area contributed by atoms with E-state index >= 15 is 0 Å². The molecular weight excluding hydrogens is 350 g/mol. The normalized spacial score (nSPS) is 10.8. The molecule has 1 aromatic heterocycles. The predicted molar refractivity (Wildman–Crippen MR) is 102 cm³/mol. The second kappa shape index (κ2) is 8.15. The van der Waals surface area contributed by atoms with Gasteiger partial charge in [0.2, 0.25) is 5.28 Å². The molecule has 1 heterocycles. The summed E-state index contributed by atoms with van der Waals surface area (Å²) >= 11 is 5.97. The standard InChI is InChI=1S/C20H20ClN3O2/c1-2-3-7-18-22-20(21)23-24(18)13-14-8-10-15(11-9-14)16-5-4-6-17(12-16)19(25)26/h4-6,8-12H,2-3,7,13H2,1H3,(H,25,26). The number of rotatable bonds is 7. The highest BCUT2D eigenvalue weighted by Gasteiger charge is 2.09. The van der Waals surface area contributed by atoms with Crippen LogP contribution in [0.25, 0.3) is 11.1 Å². The number of aromatic carboxylic acids is 1. The molecule has 6 heteroatoms. The van der Waals surface area contributed by atoms with Gasteiger partial charge in [-0.25, -0.2) is 14.5 Å². The number of benzene rings is 2. The molecule has 0 spiro atoms. The number of unbranched alkanes of at least 4 members (excludes halogenated alkanes) is 1. The summed E-state index contributed by atoms with van der Waals surface area (Å²) in [5.74, 6) is -0.0266. The van der Waals surface area contributed by atoms with Gasteiger partial charge in [0.1, 0.15) is 5.82 Å². The average molecular weight is 370 g/mol. The highest BCUT2D eigenvalue weighted by molar-refractivity contribution is 6.28. The molecule has 0 aliphatic rings. The van der Waals surface area contributed by atoms with Gasteiger partial charge in [0.25, 0.3) is 0 Å². The molecule has 0 atom stereocenters. The predicted octanol–water partition coefficient (Wildman–Crippen LogP) is 4.69. The van der Waals surface area contributed by atoms with Gasteiger partial charge in [-0.05, 0) is 46.8 Å². The van der Waals surface area contributed by atoms with Crippen molar-refractivity contribution in [2.24, 2.45) is 0 Å². The van der Waals surface area contributed by atoms with E-state index in [1.165, 1.54) is 0 Å². The minimum absolute atomic E-state index is 0.276. The van der Waals surface area contributed by atoms with Crippen LogP contribution in [0.4, 0.5) is 0 Å². The highest BCUT2D eigenvalue weighted by atomic mass is 35.5. The molecule has 0 amide bonds. The van der Waals surface area contributed by atoms with Gasteiger partial charge in [-0.3, -0.25) is 0 Å². The SMILES string of the molecule is CCCCc1nc(Cl)nn1Cc1ccc(-c2cccc(C(=O)O)c2)cc1. The molecule has 3 rings (SSSR count). The molecule has 5 nitrogen and oxygen atoms in total. The van der Waals surface area contributed by atoms with E-state index in [-0.39, 0.29) is 10.8 Å². The molecule has 0 unspecified atom stereocenters. The first-order chi connectivity index (χ1) is 12.6. The van der Waals surface area contributed by atoms with Gasteiger partial charge < -0.3 is 5.11 Å². The molecule has 0 saturated carbocycles. The maximum absolute atomic E-state index is 11.1. The molecule has 26 heavy (non-hydrogen) atoms. The van der Waals surface area contributed by atoms with Crippen LogP contribution in [-0.2, 0) is 13.0 Å². The third kappa shape index (κ3) is 4.29. The third-order valence-corrected chi connectivity index (χ3v) is 4.37. The fourth-order valence-electron chi connectivity index (χ4n) is 2.80. The van der Waals surface area contributed by atoms with Crippen molar-refractivity contribution in [3.05, 3.63) is 70.8 Å². The molecule has 0 bridgehead atoms. The molecular formula is C20H20ClN3O2. The lowest BCUT2D eigenvalue weighted by Gasteiger charge is -2.08. The fourth-order valence-corrected chi connectivity index (χ4v) is 2.99. The summed E-state index contributed by atoms with van der Waals surface area (Å²) in [4.78, 5) is 15.4. The van der Waals surface area contributed by atoms with Gasteiger partial charge in [0.05, 0.1) is 12.1 Å². The highest BCUT2D eigenvalue weighted by Crippen LogP contribution is 2.22. The topological polar surface area (TPSA) is 68.0 Å². The number of aromatic nitrogens is 3. The Morgan fingerprint density at radius 2 is 1.92 bits per heavy atom. The van der Waals surface area contributed by atoms with Crippen LogP contribution in [0.1, 0.15) is 41.5 Å². The Morgan fingerprint density at radius 3 is 2.62 bits per heavy atom. The monoisotopic (exact) mass is 369 g/mol. The fraction of sp³-hybridized carbons (Fsp3) is 0.250. The van der Waals surface area contributed by atoms with E-state index in [0.29, 0.717) is 6.54 Å². The summed E-state index contributed by atoms with van der Waals surface area (Å²) in [5, 5.41) is 13.7. The molecule has 0 aliphatic carbocycles. The van der Waals surface area contributed by atoms with Crippen LogP contribution in [0.2, 0.25) is 5.28 Å². The Bertz CT molecular complexity index is 904. The Balaban J connectivity index is 1.78. The lowest BCUT2D eigenvalue weighted by atomic mass is 10.0. The molecule has 0 saturated heterocycles. The number of aryl methyl sites for hydroxylation is 1. The third-order valence-electron chi connectivity index (χ3n) is 4.21. The van der Waals surface area contributed by atoms with Gasteiger partial charge in [-0.1, -0.05) is 49.7 Å². The van der Waals surface area contributed by atoms with Gasteiger partial charge in [0, 0.05) is 6.42 Å². The van der Waals surface area contributed by atoms with Crippen LogP contribution in [-0.4, -0.2) is 25.8 Å². The van der Waals surface area contributed by atoms with Crippen LogP contribution in [0.5, 0.6) is 0 Å². The average Bonchev–Trinajstić information content (AvgIpc) is 3.00. The summed E-state index contributed by atoms with van der Waals surface area (Å²) in [5.41, 5.74) is 3.22. The quantitative estimate of drug-likeness (QED) is 0.656. The zero-order valence-electron chi connectivity index (χ0n) is 14.5. The van der Waals surface area contributed by atoms with E-state index < -0.39 is 5.97 Å². The molecule has 1 N–H and O–H groups in total. The molecule has 0 radical (unpaired) electrons. The van der Waals surface area contributed by atoms with Gasteiger partial charge in [-0.15, -0.1) is 5.10 Å². The first kappa shape index (κ1) is 18.1. The van der Waals surface area contributed by atoms with E-state index in [2.05, 4.69) is 17.0 Å². The second-order valence-corrected chi connectivity index (χ2v) is 6.48. The summed E-state index contributed by atoms with van der Waals surface area (Å²) in [6.07, 6.45) is 3.00. The van der Waals surface area contributed by atoms with Crippen LogP contribution in [0.15, 0.2) is 48.5 Å². The van der Waals surface area contributed by atoms with E-state index in [1.807, 2.05) is 35.0 Å². The van der Waals surface area contributed by atoms with Crippen LogP contribution >= 0.6 is 11.6 Å². The molecule has 2 aromatic carbocycles. The second-order valence-electron chi connectivity index (χ2n) is 6.14. The summed E-state index contributed by atoms with van der Waals surface area (Å²) in [6.45, 7) is 2.74. The number of hydrogen-bond donors (Lipinski definition) is 1. The Morgan fingerprint density at radius 1 is 1.15 bits per heavy atom. The van der Waals surface area contributed by atoms with Crippen molar-refractivity contribution >= 4 is 17.6 Å². The summed E-state index contributed by atoms with van der Waals surface area (Å²) < 4.78 is 1.85. The lowest BCUT2D eigenvalue weighted by Crippen LogP contribution is -2.07. The number of carbonyl (C=O) groups is 1. The van der Waals surface area contributed by atoms with Crippen LogP contribution < -0.4 is 0 Å². The van der Waals surface area contributed by atoms with Crippen molar-refractivity contribution in [2.75, 3.05) is 0 Å². The molecule has 0 aliphatic heterocycles. The van der Waals surface area contributed by atoms with Crippen molar-refractivity contribution in [2.45, 2.75) is 32.7 Å². The van der Waals surface area contributed by atoms with Gasteiger partial charge in [0.15, 0.2) is 0 Å². The van der Waals surface area contributed by atoms with Crippen molar-refractivity contribution < 1.29 is 9.90 Å². The van der Waals surface area contributed by atoms with E-state index in [9.17, 15) is 4.79 Å². The summed E-state index contributed by atoms with van der Waals surface area (Å²) in [6, 6.07) is 14.9. The first-order valence-electron chi connectivity index (χ1n) is 8.58. The number of carboxylic acid groups (broad SMARTS) is 1. The van der Waals surface area contributed by atoms with Crippen LogP contribution in [0, 0.1) is 0 Å². The van der Waals surface area contributed by atoms with Crippen molar-refractivity contribution in [3.8, 4) is 11.1 Å². The minimum atomic E-state index is -0.925. The minimum Gasteiger partial charge on any atom is -0.478 e. The molecule has 134 valence electrons. The number of carboxylic acids is 1. The molecule has 0 fully saturated rings. The zero-order valence-corrected chi connectivity index (χ0v) is 15.3. The number of halogens is 1. The van der Waals surface area contributed by atoms with Crippen LogP contribution in [0.3, 0.4) is 0 Å². The van der Waals surface area contributed by atoms with Crippen molar-refractivity contribution in [1.29, 1.82) is 0 Å². The van der Waals surface area contributed by atoms with Gasteiger partial charge >= 0.3 is 5.97 Å². The lowest BCUT2D eigenvalue weighted by molar-refractivity contribution is 0.0697.